The van der Waals surface area contributed by atoms with Crippen molar-refractivity contribution in [3.63, 3.8) is 0 Å². The Bertz CT molecular complexity index is 278. The van der Waals surface area contributed by atoms with Crippen LogP contribution in [0.5, 0.6) is 0 Å². The van der Waals surface area contributed by atoms with E-state index in [1.807, 2.05) is 6.07 Å². The zero-order chi connectivity index (χ0) is 9.90. The number of nitrogens with one attached hydrogen (secondary N) is 1. The van der Waals surface area contributed by atoms with Gasteiger partial charge in [0.1, 0.15) is 8.24 Å². The Kier molecular flexibility index (Phi) is 3.47. The molecule has 1 aromatic carbocycles. The minimum absolute atomic E-state index is 0.968. The molecule has 3 heteroatoms. The van der Waals surface area contributed by atoms with Gasteiger partial charge in [0.15, 0.2) is 0 Å². The van der Waals surface area contributed by atoms with E-state index >= 15 is 0 Å². The molecule has 1 N–H and O–H groups in total. The summed E-state index contributed by atoms with van der Waals surface area (Å²) in [6, 6.07) is 8.35. The maximum absolute atomic E-state index is 3.59. The van der Waals surface area contributed by atoms with Crippen LogP contribution in [0.2, 0.25) is 19.6 Å². The van der Waals surface area contributed by atoms with Crippen molar-refractivity contribution in [2.75, 3.05) is 0 Å². The van der Waals surface area contributed by atoms with E-state index in [0.717, 1.165) is 6.54 Å². The molecule has 0 aliphatic heterocycles. The molecule has 0 amide bonds. The van der Waals surface area contributed by atoms with E-state index in [-0.39, 0.29) is 0 Å². The van der Waals surface area contributed by atoms with Crippen LogP contribution >= 0.6 is 0 Å². The fourth-order valence-corrected chi connectivity index (χ4v) is 2.02. The van der Waals surface area contributed by atoms with Crippen LogP contribution in [-0.2, 0) is 6.54 Å². The summed E-state index contributed by atoms with van der Waals surface area (Å²) >= 11 is 0. The summed E-state index contributed by atoms with van der Waals surface area (Å²) in [5.41, 5.74) is 1.33. The van der Waals surface area contributed by atoms with Gasteiger partial charge in [-0.05, 0) is 5.56 Å². The van der Waals surface area contributed by atoms with Crippen molar-refractivity contribution in [1.29, 1.82) is 0 Å². The highest BCUT2D eigenvalue weighted by Crippen LogP contribution is 1.99. The Labute approximate surface area is 85.1 Å². The van der Waals surface area contributed by atoms with Crippen molar-refractivity contribution in [1.82, 2.24) is 4.98 Å². The first-order valence-corrected chi connectivity index (χ1v) is 8.53. The summed E-state index contributed by atoms with van der Waals surface area (Å²) in [7, 11) is 2.46. The lowest BCUT2D eigenvalue weighted by Crippen LogP contribution is -2.41. The highest BCUT2D eigenvalue weighted by Gasteiger charge is 2.11. The van der Waals surface area contributed by atoms with Crippen molar-refractivity contribution < 1.29 is 0 Å². The fraction of sp³-hybridized carbons (Fsp3) is 0.400. The molecule has 1 nitrogen and oxygen atoms in total. The van der Waals surface area contributed by atoms with Crippen LogP contribution in [0.25, 0.3) is 0 Å². The first-order valence-electron chi connectivity index (χ1n) is 4.53. The van der Waals surface area contributed by atoms with Gasteiger partial charge >= 0.3 is 0 Å². The maximum Gasteiger partial charge on any atom is 0.116 e. The molecular formula is C10H16NSi2. The van der Waals surface area contributed by atoms with E-state index in [4.69, 9.17) is 0 Å². The SMILES string of the molecule is C[Si](C)(C)NCc1ccccc1[Si]. The molecule has 0 heterocycles. The third-order valence-electron chi connectivity index (χ3n) is 1.83. The molecular weight excluding hydrogens is 190 g/mol. The van der Waals surface area contributed by atoms with Crippen molar-refractivity contribution in [2.24, 2.45) is 0 Å². The molecule has 0 saturated carbocycles. The van der Waals surface area contributed by atoms with E-state index < -0.39 is 8.24 Å². The highest BCUT2D eigenvalue weighted by atomic mass is 28.3. The number of hydrogen-bond donors (Lipinski definition) is 1. The molecule has 0 atom stereocenters. The molecule has 1 aromatic rings. The third kappa shape index (κ3) is 3.89. The van der Waals surface area contributed by atoms with Crippen LogP contribution in [0.3, 0.4) is 0 Å². The molecule has 13 heavy (non-hydrogen) atoms. The minimum Gasteiger partial charge on any atom is -0.334 e. The van der Waals surface area contributed by atoms with Crippen LogP contribution in [0.1, 0.15) is 5.56 Å². The van der Waals surface area contributed by atoms with Crippen LogP contribution in [0, 0.1) is 0 Å². The van der Waals surface area contributed by atoms with Gasteiger partial charge in [0, 0.05) is 6.54 Å². The zero-order valence-electron chi connectivity index (χ0n) is 8.52. The molecule has 0 aliphatic rings. The van der Waals surface area contributed by atoms with Gasteiger partial charge in [-0.3, -0.25) is 0 Å². The van der Waals surface area contributed by atoms with Gasteiger partial charge in [-0.15, -0.1) is 0 Å². The van der Waals surface area contributed by atoms with Gasteiger partial charge in [0.2, 0.25) is 0 Å². The van der Waals surface area contributed by atoms with E-state index in [0.29, 0.717) is 0 Å². The zero-order valence-corrected chi connectivity index (χ0v) is 10.5. The lowest BCUT2D eigenvalue weighted by Gasteiger charge is -2.18. The molecule has 0 spiro atoms. The average molecular weight is 206 g/mol. The number of hydrogen-bond acceptors (Lipinski definition) is 1. The maximum atomic E-state index is 3.59. The average Bonchev–Trinajstić information content (AvgIpc) is 2.01. The van der Waals surface area contributed by atoms with Gasteiger partial charge in [-0.1, -0.05) is 49.1 Å². The largest absolute Gasteiger partial charge is 0.334 e. The molecule has 0 aliphatic carbocycles. The Morgan fingerprint density at radius 3 is 2.38 bits per heavy atom. The predicted molar refractivity (Wildman–Crippen MR) is 62.0 cm³/mol. The molecule has 0 unspecified atom stereocenters. The second-order valence-electron chi connectivity index (χ2n) is 4.26. The van der Waals surface area contributed by atoms with Crippen LogP contribution in [0.4, 0.5) is 0 Å². The second-order valence-corrected chi connectivity index (χ2v) is 9.65. The van der Waals surface area contributed by atoms with Crippen molar-refractivity contribution in [3.05, 3.63) is 29.8 Å². The lowest BCUT2D eigenvalue weighted by molar-refractivity contribution is 0.921. The third-order valence-corrected chi connectivity index (χ3v) is 3.55. The molecule has 0 saturated heterocycles. The van der Waals surface area contributed by atoms with Gasteiger partial charge in [-0.25, -0.2) is 0 Å². The quantitative estimate of drug-likeness (QED) is 0.737. The highest BCUT2D eigenvalue weighted by molar-refractivity contribution is 6.73. The Balaban J connectivity index is 2.60. The van der Waals surface area contributed by atoms with Crippen molar-refractivity contribution in [3.8, 4) is 0 Å². The summed E-state index contributed by atoms with van der Waals surface area (Å²) in [5.74, 6) is 0. The monoisotopic (exact) mass is 206 g/mol. The minimum atomic E-state index is -1.13. The molecule has 0 bridgehead atoms. The summed E-state index contributed by atoms with van der Waals surface area (Å²) in [5, 5.41) is 1.19. The Morgan fingerprint density at radius 1 is 1.23 bits per heavy atom. The first kappa shape index (κ1) is 10.7. The Hall–Kier alpha value is -0.386. The first-order chi connectivity index (χ1) is 5.99. The molecule has 0 fully saturated rings. The van der Waals surface area contributed by atoms with Gasteiger partial charge in [0.05, 0.1) is 10.2 Å². The number of benzene rings is 1. The van der Waals surface area contributed by atoms with E-state index in [9.17, 15) is 0 Å². The smallest absolute Gasteiger partial charge is 0.116 e. The topological polar surface area (TPSA) is 12.0 Å². The standard InChI is InChI=1S/C10H16NSi2/c1-13(2,3)11-8-9-6-4-5-7-10(9)12/h4-7,11H,8H2,1-3H3. The molecule has 69 valence electrons. The fourth-order valence-electron chi connectivity index (χ4n) is 1.03. The normalized spacial score (nSPS) is 11.7. The lowest BCUT2D eigenvalue weighted by atomic mass is 10.2. The van der Waals surface area contributed by atoms with E-state index in [1.165, 1.54) is 10.8 Å². The van der Waals surface area contributed by atoms with Gasteiger partial charge in [0.25, 0.3) is 0 Å². The molecule has 1 rings (SSSR count). The van der Waals surface area contributed by atoms with Gasteiger partial charge in [-0.2, -0.15) is 0 Å². The second kappa shape index (κ2) is 4.22. The summed E-state index contributed by atoms with van der Waals surface area (Å²) in [6.45, 7) is 7.89. The van der Waals surface area contributed by atoms with E-state index in [1.54, 1.807) is 0 Å². The Morgan fingerprint density at radius 2 is 1.85 bits per heavy atom. The molecule has 3 radical (unpaired) electrons. The summed E-state index contributed by atoms with van der Waals surface area (Å²) in [6.07, 6.45) is 0. The number of rotatable bonds is 3. The predicted octanol–water partition coefficient (Wildman–Crippen LogP) is 1.40. The van der Waals surface area contributed by atoms with Crippen LogP contribution in [-0.4, -0.2) is 18.5 Å². The van der Waals surface area contributed by atoms with Crippen molar-refractivity contribution in [2.45, 2.75) is 26.2 Å². The summed E-state index contributed by atoms with van der Waals surface area (Å²) in [4.78, 5) is 3.59. The van der Waals surface area contributed by atoms with Crippen LogP contribution in [0.15, 0.2) is 24.3 Å². The van der Waals surface area contributed by atoms with E-state index in [2.05, 4.69) is 53.1 Å². The summed E-state index contributed by atoms with van der Waals surface area (Å²) < 4.78 is 0. The van der Waals surface area contributed by atoms with Crippen LogP contribution < -0.4 is 10.2 Å². The van der Waals surface area contributed by atoms with Gasteiger partial charge < -0.3 is 4.98 Å². The molecule has 0 aromatic heterocycles. The van der Waals surface area contributed by atoms with Crippen molar-refractivity contribution >= 4 is 23.7 Å².